The smallest absolute Gasteiger partial charge is 0.0486 e. The summed E-state index contributed by atoms with van der Waals surface area (Å²) >= 11 is 1.75. The Hall–Kier alpha value is -1.58. The predicted octanol–water partition coefficient (Wildman–Crippen LogP) is 4.03. The Morgan fingerprint density at radius 2 is 2.10 bits per heavy atom. The molecule has 2 heterocycles. The van der Waals surface area contributed by atoms with E-state index in [2.05, 4.69) is 58.8 Å². The van der Waals surface area contributed by atoms with E-state index < -0.39 is 0 Å². The monoisotopic (exact) mass is 284 g/mol. The van der Waals surface area contributed by atoms with Gasteiger partial charge in [-0.1, -0.05) is 25.1 Å². The molecular formula is C17H20N2S. The van der Waals surface area contributed by atoms with Crippen LogP contribution in [-0.4, -0.2) is 10.6 Å². The molecule has 0 aliphatic carbocycles. The maximum absolute atomic E-state index is 6.13. The van der Waals surface area contributed by atoms with Gasteiger partial charge in [0.15, 0.2) is 0 Å². The number of rotatable bonds is 5. The van der Waals surface area contributed by atoms with Crippen LogP contribution in [0.2, 0.25) is 0 Å². The third-order valence-electron chi connectivity index (χ3n) is 3.81. The van der Waals surface area contributed by atoms with E-state index in [1.165, 1.54) is 22.0 Å². The summed E-state index contributed by atoms with van der Waals surface area (Å²) in [5.41, 5.74) is 10.2. The van der Waals surface area contributed by atoms with Crippen molar-refractivity contribution in [2.45, 2.75) is 32.4 Å². The van der Waals surface area contributed by atoms with Crippen LogP contribution in [0.5, 0.6) is 0 Å². The molecule has 2 nitrogen and oxygen atoms in total. The number of hydrogen-bond donors (Lipinski definition) is 1. The summed E-state index contributed by atoms with van der Waals surface area (Å²) < 4.78 is 2.34. The first-order valence-corrected chi connectivity index (χ1v) is 8.05. The van der Waals surface area contributed by atoms with Crippen LogP contribution in [0.25, 0.3) is 10.9 Å². The van der Waals surface area contributed by atoms with E-state index in [0.717, 1.165) is 19.4 Å². The van der Waals surface area contributed by atoms with Gasteiger partial charge in [0.1, 0.15) is 0 Å². The molecule has 3 rings (SSSR count). The van der Waals surface area contributed by atoms with Crippen LogP contribution in [-0.2, 0) is 13.0 Å². The van der Waals surface area contributed by atoms with Crippen molar-refractivity contribution in [3.05, 3.63) is 58.4 Å². The highest BCUT2D eigenvalue weighted by Gasteiger charge is 2.11. The molecule has 0 fully saturated rings. The predicted molar refractivity (Wildman–Crippen MR) is 87.3 cm³/mol. The fraction of sp³-hybridized carbons (Fsp3) is 0.294. The number of hydrogen-bond acceptors (Lipinski definition) is 2. The van der Waals surface area contributed by atoms with Crippen LogP contribution >= 0.6 is 11.3 Å². The average Bonchev–Trinajstić information content (AvgIpc) is 3.09. The van der Waals surface area contributed by atoms with Crippen molar-refractivity contribution in [1.82, 2.24) is 4.57 Å². The van der Waals surface area contributed by atoms with Gasteiger partial charge in [-0.2, -0.15) is 11.3 Å². The SMILES string of the molecule is CCC(N)Cc1cn(Cc2ccsc2)c2ccccc12. The second-order valence-corrected chi connectivity index (χ2v) is 6.08. The van der Waals surface area contributed by atoms with Crippen molar-refractivity contribution in [3.63, 3.8) is 0 Å². The standard InChI is InChI=1S/C17H20N2S/c1-2-15(18)9-14-11-19(10-13-7-8-20-12-13)17-6-4-3-5-16(14)17/h3-8,11-12,15H,2,9-10,18H2,1H3. The van der Waals surface area contributed by atoms with Gasteiger partial charge in [0.05, 0.1) is 0 Å². The molecular weight excluding hydrogens is 264 g/mol. The molecule has 20 heavy (non-hydrogen) atoms. The summed E-state index contributed by atoms with van der Waals surface area (Å²) in [5, 5.41) is 5.69. The van der Waals surface area contributed by atoms with Crippen LogP contribution < -0.4 is 5.73 Å². The van der Waals surface area contributed by atoms with Crippen LogP contribution in [0.3, 0.4) is 0 Å². The maximum atomic E-state index is 6.13. The zero-order chi connectivity index (χ0) is 13.9. The Kier molecular flexibility index (Phi) is 3.90. The molecule has 1 aromatic carbocycles. The molecule has 1 atom stereocenters. The molecule has 2 aromatic heterocycles. The van der Waals surface area contributed by atoms with Gasteiger partial charge in [-0.15, -0.1) is 0 Å². The van der Waals surface area contributed by atoms with E-state index in [4.69, 9.17) is 5.73 Å². The van der Waals surface area contributed by atoms with Crippen LogP contribution in [0.4, 0.5) is 0 Å². The van der Waals surface area contributed by atoms with E-state index in [1.54, 1.807) is 11.3 Å². The molecule has 2 N–H and O–H groups in total. The van der Waals surface area contributed by atoms with Gasteiger partial charge in [-0.05, 0) is 46.9 Å². The highest BCUT2D eigenvalue weighted by Crippen LogP contribution is 2.24. The van der Waals surface area contributed by atoms with Gasteiger partial charge >= 0.3 is 0 Å². The van der Waals surface area contributed by atoms with E-state index in [0.29, 0.717) is 0 Å². The zero-order valence-electron chi connectivity index (χ0n) is 11.8. The molecule has 1 unspecified atom stereocenters. The first kappa shape index (κ1) is 13.4. The molecule has 0 amide bonds. The fourth-order valence-corrected chi connectivity index (χ4v) is 3.28. The summed E-state index contributed by atoms with van der Waals surface area (Å²) in [7, 11) is 0. The number of benzene rings is 1. The molecule has 3 aromatic rings. The Labute approximate surface area is 123 Å². The molecule has 0 radical (unpaired) electrons. The molecule has 0 spiro atoms. The Balaban J connectivity index is 1.99. The molecule has 0 saturated heterocycles. The first-order chi connectivity index (χ1) is 9.78. The number of nitrogens with two attached hydrogens (primary N) is 1. The van der Waals surface area contributed by atoms with Crippen LogP contribution in [0, 0.1) is 0 Å². The summed E-state index contributed by atoms with van der Waals surface area (Å²) in [5.74, 6) is 0. The van der Waals surface area contributed by atoms with E-state index in [1.807, 2.05) is 0 Å². The van der Waals surface area contributed by atoms with Crippen molar-refractivity contribution in [2.75, 3.05) is 0 Å². The summed E-state index contributed by atoms with van der Waals surface area (Å²) in [6.45, 7) is 3.08. The number of aromatic nitrogens is 1. The van der Waals surface area contributed by atoms with Gasteiger partial charge in [-0.3, -0.25) is 0 Å². The lowest BCUT2D eigenvalue weighted by atomic mass is 10.0. The van der Waals surface area contributed by atoms with Crippen LogP contribution in [0.1, 0.15) is 24.5 Å². The van der Waals surface area contributed by atoms with E-state index >= 15 is 0 Å². The van der Waals surface area contributed by atoms with Crippen molar-refractivity contribution in [1.29, 1.82) is 0 Å². The fourth-order valence-electron chi connectivity index (χ4n) is 2.62. The molecule has 0 aliphatic heterocycles. The first-order valence-electron chi connectivity index (χ1n) is 7.11. The topological polar surface area (TPSA) is 30.9 Å². The Morgan fingerprint density at radius 3 is 2.85 bits per heavy atom. The summed E-state index contributed by atoms with van der Waals surface area (Å²) in [6.07, 6.45) is 4.25. The lowest BCUT2D eigenvalue weighted by molar-refractivity contribution is 0.646. The lowest BCUT2D eigenvalue weighted by Gasteiger charge is -2.06. The third-order valence-corrected chi connectivity index (χ3v) is 4.54. The minimum absolute atomic E-state index is 0.246. The second-order valence-electron chi connectivity index (χ2n) is 5.30. The van der Waals surface area contributed by atoms with Crippen molar-refractivity contribution >= 4 is 22.2 Å². The van der Waals surface area contributed by atoms with Gasteiger partial charge in [0, 0.05) is 29.7 Å². The average molecular weight is 284 g/mol. The number of nitrogens with zero attached hydrogens (tertiary/aromatic N) is 1. The van der Waals surface area contributed by atoms with E-state index in [-0.39, 0.29) is 6.04 Å². The normalized spacial score (nSPS) is 12.9. The molecule has 0 saturated carbocycles. The molecule has 3 heteroatoms. The number of thiophene rings is 1. The van der Waals surface area contributed by atoms with Crippen molar-refractivity contribution < 1.29 is 0 Å². The van der Waals surface area contributed by atoms with Gasteiger partial charge in [-0.25, -0.2) is 0 Å². The highest BCUT2D eigenvalue weighted by atomic mass is 32.1. The molecule has 0 bridgehead atoms. The summed E-state index contributed by atoms with van der Waals surface area (Å²) in [4.78, 5) is 0. The lowest BCUT2D eigenvalue weighted by Crippen LogP contribution is -2.21. The minimum atomic E-state index is 0.246. The number of fused-ring (bicyclic) bond motifs is 1. The Morgan fingerprint density at radius 1 is 1.25 bits per heavy atom. The van der Waals surface area contributed by atoms with Gasteiger partial charge < -0.3 is 10.3 Å². The van der Waals surface area contributed by atoms with Crippen molar-refractivity contribution in [2.24, 2.45) is 5.73 Å². The third kappa shape index (κ3) is 2.65. The van der Waals surface area contributed by atoms with Gasteiger partial charge in [0.2, 0.25) is 0 Å². The molecule has 104 valence electrons. The second kappa shape index (κ2) is 5.81. The zero-order valence-corrected chi connectivity index (χ0v) is 12.6. The minimum Gasteiger partial charge on any atom is -0.343 e. The van der Waals surface area contributed by atoms with Crippen LogP contribution in [0.15, 0.2) is 47.3 Å². The summed E-state index contributed by atoms with van der Waals surface area (Å²) in [6, 6.07) is 11.1. The highest BCUT2D eigenvalue weighted by molar-refractivity contribution is 7.07. The number of para-hydroxylation sites is 1. The molecule has 0 aliphatic rings. The van der Waals surface area contributed by atoms with Gasteiger partial charge in [0.25, 0.3) is 0 Å². The quantitative estimate of drug-likeness (QED) is 0.753. The van der Waals surface area contributed by atoms with E-state index in [9.17, 15) is 0 Å². The maximum Gasteiger partial charge on any atom is 0.0486 e. The van der Waals surface area contributed by atoms with Crippen molar-refractivity contribution in [3.8, 4) is 0 Å². The largest absolute Gasteiger partial charge is 0.343 e. The Bertz CT molecular complexity index is 682.